The molecular weight excluding hydrogens is 615 g/mol. The Morgan fingerprint density at radius 1 is 0.314 bits per heavy atom. The number of benzene rings is 9. The highest BCUT2D eigenvalue weighted by molar-refractivity contribution is 6.04. The summed E-state index contributed by atoms with van der Waals surface area (Å²) < 4.78 is 76.0. The van der Waals surface area contributed by atoms with Gasteiger partial charge in [0.2, 0.25) is 0 Å². The van der Waals surface area contributed by atoms with Gasteiger partial charge in [0.15, 0.2) is 0 Å². The third-order valence-corrected chi connectivity index (χ3v) is 9.20. The van der Waals surface area contributed by atoms with Gasteiger partial charge in [0.05, 0.1) is 11.0 Å². The molecule has 0 aromatic heterocycles. The van der Waals surface area contributed by atoms with Crippen LogP contribution in [-0.4, -0.2) is 0 Å². The van der Waals surface area contributed by atoms with Gasteiger partial charge in [-0.1, -0.05) is 176 Å². The van der Waals surface area contributed by atoms with Gasteiger partial charge in [-0.05, 0) is 102 Å². The molecular formula is C50H35N. The van der Waals surface area contributed by atoms with E-state index in [1.807, 2.05) is 127 Å². The van der Waals surface area contributed by atoms with E-state index in [2.05, 4.69) is 0 Å². The van der Waals surface area contributed by atoms with Crippen LogP contribution < -0.4 is 4.90 Å². The van der Waals surface area contributed by atoms with E-state index in [0.29, 0.717) is 16.8 Å². The molecule has 0 amide bonds. The maximum Gasteiger partial charge on any atom is 0.0645 e. The molecule has 0 unspecified atom stereocenters. The molecule has 0 aliphatic carbocycles. The highest BCUT2D eigenvalue weighted by Crippen LogP contribution is 2.42. The van der Waals surface area contributed by atoms with Gasteiger partial charge in [0, 0.05) is 17.1 Å². The zero-order valence-corrected chi connectivity index (χ0v) is 27.5. The molecule has 51 heavy (non-hydrogen) atoms. The first-order chi connectivity index (χ1) is 28.7. The average molecular weight is 658 g/mol. The summed E-state index contributed by atoms with van der Waals surface area (Å²) in [7, 11) is 0. The Hall–Kier alpha value is -6.70. The average Bonchev–Trinajstić information content (AvgIpc) is 3.27. The van der Waals surface area contributed by atoms with Crippen molar-refractivity contribution in [2.24, 2.45) is 0 Å². The summed E-state index contributed by atoms with van der Waals surface area (Å²) in [6.45, 7) is 0. The summed E-state index contributed by atoms with van der Waals surface area (Å²) in [6, 6.07) is 48.6. The van der Waals surface area contributed by atoms with Crippen LogP contribution >= 0.6 is 0 Å². The van der Waals surface area contributed by atoms with E-state index in [0.717, 1.165) is 43.8 Å². The number of rotatable bonds is 7. The maximum atomic E-state index is 9.69. The number of nitrogens with zero attached hydrogens (tertiary/aromatic N) is 1. The quantitative estimate of drug-likeness (QED) is 0.165. The van der Waals surface area contributed by atoms with Crippen LogP contribution in [0.4, 0.5) is 17.1 Å². The first kappa shape index (κ1) is 22.8. The molecule has 0 heterocycles. The third-order valence-electron chi connectivity index (χ3n) is 9.20. The number of hydrogen-bond acceptors (Lipinski definition) is 1. The zero-order valence-electron chi connectivity index (χ0n) is 35.5. The van der Waals surface area contributed by atoms with Gasteiger partial charge in [-0.25, -0.2) is 0 Å². The number of fused-ring (bicyclic) bond motifs is 2. The molecule has 0 radical (unpaired) electrons. The fourth-order valence-electron chi connectivity index (χ4n) is 6.77. The second-order valence-electron chi connectivity index (χ2n) is 12.3. The van der Waals surface area contributed by atoms with E-state index in [9.17, 15) is 11.0 Å². The Kier molecular flexibility index (Phi) is 5.96. The minimum atomic E-state index is -0.396. The van der Waals surface area contributed by atoms with Crippen molar-refractivity contribution >= 4 is 38.6 Å². The minimum absolute atomic E-state index is 0.108. The summed E-state index contributed by atoms with van der Waals surface area (Å²) in [6.07, 6.45) is 0. The predicted octanol–water partition coefficient (Wildman–Crippen LogP) is 14.1. The summed E-state index contributed by atoms with van der Waals surface area (Å²) in [5, 5.41) is 3.88. The van der Waals surface area contributed by atoms with Crippen LogP contribution in [0.1, 0.15) is 11.0 Å². The third kappa shape index (κ3) is 5.86. The molecule has 0 atom stereocenters. The van der Waals surface area contributed by atoms with E-state index < -0.39 is 12.1 Å². The SMILES string of the molecule is [2H]c1c([2H])c(N(c2cccc(-c3cccc4ccccc34)c2)c2c([2H])c([2H])c(-c3ccc4ccccc4c3-c3ccccc3)c([2H])c2[2H])c([2H])c([2H])c1-c1ccccc1. The molecule has 0 aliphatic heterocycles. The standard InChI is InChI=1S/C50H35N/c1-3-13-36(14-4-1)37-25-30-43(31-26-37)51(45-21-11-20-42(35-45)47-24-12-19-38-15-7-9-22-46(38)47)44-32-27-40(28-33-44)49-34-29-39-16-8-10-23-48(39)50(49)41-17-5-2-6-18-41/h1-35H/i25D,26D,27D,28D,30D,31D,32D,33D. The van der Waals surface area contributed by atoms with E-state index >= 15 is 0 Å². The molecule has 0 bridgehead atoms. The smallest absolute Gasteiger partial charge is 0.0645 e. The summed E-state index contributed by atoms with van der Waals surface area (Å²) in [5.74, 6) is 0. The molecule has 0 aliphatic rings. The lowest BCUT2D eigenvalue weighted by Gasteiger charge is -2.27. The Bertz CT molecular complexity index is 3030. The van der Waals surface area contributed by atoms with Crippen LogP contribution in [0.15, 0.2) is 212 Å². The van der Waals surface area contributed by atoms with Gasteiger partial charge >= 0.3 is 0 Å². The normalized spacial score (nSPS) is 13.3. The van der Waals surface area contributed by atoms with Crippen molar-refractivity contribution in [3.8, 4) is 44.5 Å². The van der Waals surface area contributed by atoms with Crippen LogP contribution in [0, 0.1) is 0 Å². The fraction of sp³-hybridized carbons (Fsp3) is 0. The predicted molar refractivity (Wildman–Crippen MR) is 218 cm³/mol. The molecule has 9 aromatic carbocycles. The second kappa shape index (κ2) is 13.3. The van der Waals surface area contributed by atoms with Gasteiger partial charge in [0.25, 0.3) is 0 Å². The zero-order chi connectivity index (χ0) is 40.9. The Labute approximate surface area is 310 Å². The van der Waals surface area contributed by atoms with Crippen LogP contribution in [0.3, 0.4) is 0 Å². The molecule has 1 nitrogen and oxygen atoms in total. The lowest BCUT2D eigenvalue weighted by atomic mass is 9.90. The molecule has 1 heteroatoms. The van der Waals surface area contributed by atoms with E-state index in [1.165, 1.54) is 4.90 Å². The van der Waals surface area contributed by atoms with E-state index in [4.69, 9.17) is 0 Å². The van der Waals surface area contributed by atoms with Crippen molar-refractivity contribution in [3.63, 3.8) is 0 Å². The van der Waals surface area contributed by atoms with Crippen molar-refractivity contribution in [1.29, 1.82) is 0 Å². The summed E-state index contributed by atoms with van der Waals surface area (Å²) >= 11 is 0. The Morgan fingerprint density at radius 2 is 0.843 bits per heavy atom. The molecule has 9 rings (SSSR count). The largest absolute Gasteiger partial charge is 0.310 e. The summed E-state index contributed by atoms with van der Waals surface area (Å²) in [5.41, 5.74) is 4.52. The van der Waals surface area contributed by atoms with Crippen LogP contribution in [0.5, 0.6) is 0 Å². The maximum absolute atomic E-state index is 9.69. The Morgan fingerprint density at radius 3 is 1.55 bits per heavy atom. The van der Waals surface area contributed by atoms with Crippen LogP contribution in [0.25, 0.3) is 66.1 Å². The highest BCUT2D eigenvalue weighted by atomic mass is 15.1. The number of anilines is 3. The number of hydrogen-bond donors (Lipinski definition) is 0. The monoisotopic (exact) mass is 657 g/mol. The molecule has 9 aromatic rings. The molecule has 240 valence electrons. The molecule has 0 saturated carbocycles. The molecule has 0 fully saturated rings. The highest BCUT2D eigenvalue weighted by Gasteiger charge is 2.17. The summed E-state index contributed by atoms with van der Waals surface area (Å²) in [4.78, 5) is 1.37. The van der Waals surface area contributed by atoms with Crippen molar-refractivity contribution in [1.82, 2.24) is 0 Å². The molecule has 0 saturated heterocycles. The van der Waals surface area contributed by atoms with E-state index in [1.54, 1.807) is 36.4 Å². The fourth-order valence-corrected chi connectivity index (χ4v) is 6.77. The Balaban J connectivity index is 1.34. The lowest BCUT2D eigenvalue weighted by Crippen LogP contribution is -2.10. The van der Waals surface area contributed by atoms with Crippen molar-refractivity contribution in [2.45, 2.75) is 0 Å². The lowest BCUT2D eigenvalue weighted by molar-refractivity contribution is 1.28. The van der Waals surface area contributed by atoms with Crippen LogP contribution in [-0.2, 0) is 0 Å². The minimum Gasteiger partial charge on any atom is -0.310 e. The molecule has 0 spiro atoms. The first-order valence-corrected chi connectivity index (χ1v) is 16.9. The topological polar surface area (TPSA) is 3.24 Å². The van der Waals surface area contributed by atoms with Crippen molar-refractivity contribution < 1.29 is 11.0 Å². The van der Waals surface area contributed by atoms with Crippen molar-refractivity contribution in [2.75, 3.05) is 4.90 Å². The van der Waals surface area contributed by atoms with Gasteiger partial charge in [-0.2, -0.15) is 0 Å². The van der Waals surface area contributed by atoms with Crippen molar-refractivity contribution in [3.05, 3.63) is 212 Å². The van der Waals surface area contributed by atoms with E-state index in [-0.39, 0.29) is 58.8 Å². The van der Waals surface area contributed by atoms with Gasteiger partial charge in [0.1, 0.15) is 0 Å². The van der Waals surface area contributed by atoms with Gasteiger partial charge < -0.3 is 4.90 Å². The van der Waals surface area contributed by atoms with Crippen LogP contribution in [0.2, 0.25) is 0 Å². The van der Waals surface area contributed by atoms with Gasteiger partial charge in [-0.3, -0.25) is 0 Å². The molecule has 0 N–H and O–H groups in total. The first-order valence-electron chi connectivity index (χ1n) is 20.9. The second-order valence-corrected chi connectivity index (χ2v) is 12.3. The van der Waals surface area contributed by atoms with Gasteiger partial charge in [-0.15, -0.1) is 0 Å².